The number of halogens is 1. The van der Waals surface area contributed by atoms with Gasteiger partial charge in [0, 0.05) is 21.3 Å². The summed E-state index contributed by atoms with van der Waals surface area (Å²) in [5.41, 5.74) is 3.75. The van der Waals surface area contributed by atoms with E-state index in [1.807, 2.05) is 42.5 Å². The highest BCUT2D eigenvalue weighted by molar-refractivity contribution is 8.00. The van der Waals surface area contributed by atoms with Gasteiger partial charge in [-0.05, 0) is 50.2 Å². The standard InChI is InChI=1S/C19H20ClN3O2S/c1-13(12-18(24)21-16-6-4-3-5-7-16)22-23-19(25)14(2)26-17-10-8-15(20)9-11-17/h3-11,14H,12H2,1-2H3,(H,21,24)(H,23,25)/b22-13-/t14-/m0/s1. The number of carbonyl (C=O) groups is 2. The van der Waals surface area contributed by atoms with E-state index < -0.39 is 0 Å². The lowest BCUT2D eigenvalue weighted by Gasteiger charge is -2.10. The Kier molecular flexibility index (Phi) is 7.69. The number of para-hydroxylation sites is 1. The molecule has 2 rings (SSSR count). The molecule has 26 heavy (non-hydrogen) atoms. The number of hydrogen-bond donors (Lipinski definition) is 2. The van der Waals surface area contributed by atoms with E-state index in [9.17, 15) is 9.59 Å². The average molecular weight is 390 g/mol. The Balaban J connectivity index is 1.80. The van der Waals surface area contributed by atoms with Crippen LogP contribution in [0.1, 0.15) is 20.3 Å². The molecular formula is C19H20ClN3O2S. The van der Waals surface area contributed by atoms with Crippen LogP contribution in [0.2, 0.25) is 5.02 Å². The first-order valence-corrected chi connectivity index (χ1v) is 9.30. The summed E-state index contributed by atoms with van der Waals surface area (Å²) >= 11 is 7.26. The number of anilines is 1. The highest BCUT2D eigenvalue weighted by Crippen LogP contribution is 2.24. The molecule has 136 valence electrons. The van der Waals surface area contributed by atoms with Crippen LogP contribution < -0.4 is 10.7 Å². The van der Waals surface area contributed by atoms with Gasteiger partial charge in [0.2, 0.25) is 5.91 Å². The summed E-state index contributed by atoms with van der Waals surface area (Å²) in [7, 11) is 0. The highest BCUT2D eigenvalue weighted by Gasteiger charge is 2.14. The summed E-state index contributed by atoms with van der Waals surface area (Å²) in [6.45, 7) is 3.49. The number of thioether (sulfide) groups is 1. The fourth-order valence-electron chi connectivity index (χ4n) is 2.01. The molecule has 0 saturated carbocycles. The third-order valence-corrected chi connectivity index (χ3v) is 4.69. The lowest BCUT2D eigenvalue weighted by Crippen LogP contribution is -2.28. The Bertz CT molecular complexity index is 779. The number of rotatable bonds is 7. The summed E-state index contributed by atoms with van der Waals surface area (Å²) in [5.74, 6) is -0.414. The number of benzene rings is 2. The molecule has 0 radical (unpaired) electrons. The molecule has 7 heteroatoms. The number of carbonyl (C=O) groups excluding carboxylic acids is 2. The van der Waals surface area contributed by atoms with Crippen LogP contribution in [0.4, 0.5) is 5.69 Å². The van der Waals surface area contributed by atoms with Crippen LogP contribution in [0.15, 0.2) is 64.6 Å². The second-order valence-corrected chi connectivity index (χ2v) is 7.48. The fourth-order valence-corrected chi connectivity index (χ4v) is 3.00. The Hall–Kier alpha value is -2.31. The Morgan fingerprint density at radius 3 is 2.42 bits per heavy atom. The zero-order valence-corrected chi connectivity index (χ0v) is 16.1. The zero-order valence-electron chi connectivity index (χ0n) is 14.5. The number of nitrogens with one attached hydrogen (secondary N) is 2. The lowest BCUT2D eigenvalue weighted by atomic mass is 10.2. The van der Waals surface area contributed by atoms with Crippen molar-refractivity contribution in [1.29, 1.82) is 0 Å². The van der Waals surface area contributed by atoms with Crippen LogP contribution in [-0.2, 0) is 9.59 Å². The molecule has 0 unspecified atom stereocenters. The maximum atomic E-state index is 12.1. The lowest BCUT2D eigenvalue weighted by molar-refractivity contribution is -0.120. The third kappa shape index (κ3) is 6.90. The summed E-state index contributed by atoms with van der Waals surface area (Å²) in [5, 5.41) is 7.10. The van der Waals surface area contributed by atoms with Crippen LogP contribution in [0.3, 0.4) is 0 Å². The zero-order chi connectivity index (χ0) is 18.9. The fraction of sp³-hybridized carbons (Fsp3) is 0.211. The van der Waals surface area contributed by atoms with Gasteiger partial charge >= 0.3 is 0 Å². The van der Waals surface area contributed by atoms with Crippen LogP contribution in [0.5, 0.6) is 0 Å². The third-order valence-electron chi connectivity index (χ3n) is 3.33. The summed E-state index contributed by atoms with van der Waals surface area (Å²) in [6, 6.07) is 16.5. The minimum atomic E-state index is -0.328. The molecule has 2 aromatic carbocycles. The van der Waals surface area contributed by atoms with E-state index >= 15 is 0 Å². The second kappa shape index (κ2) is 9.99. The Morgan fingerprint density at radius 1 is 1.12 bits per heavy atom. The topological polar surface area (TPSA) is 70.6 Å². The van der Waals surface area contributed by atoms with Gasteiger partial charge in [-0.3, -0.25) is 9.59 Å². The van der Waals surface area contributed by atoms with E-state index in [2.05, 4.69) is 15.8 Å². The Labute approximate surface area is 162 Å². The molecule has 0 aliphatic rings. The molecule has 1 atom stereocenters. The van der Waals surface area contributed by atoms with Crippen molar-refractivity contribution in [3.63, 3.8) is 0 Å². The van der Waals surface area contributed by atoms with E-state index in [0.717, 1.165) is 10.6 Å². The molecule has 2 aromatic rings. The molecule has 0 bridgehead atoms. The predicted octanol–water partition coefficient (Wildman–Crippen LogP) is 4.34. The smallest absolute Gasteiger partial charge is 0.253 e. The van der Waals surface area contributed by atoms with E-state index in [1.165, 1.54) is 11.8 Å². The summed E-state index contributed by atoms with van der Waals surface area (Å²) < 4.78 is 0. The van der Waals surface area contributed by atoms with Gasteiger partial charge in [-0.2, -0.15) is 5.10 Å². The van der Waals surface area contributed by atoms with E-state index in [0.29, 0.717) is 10.7 Å². The van der Waals surface area contributed by atoms with Crippen LogP contribution >= 0.6 is 23.4 Å². The predicted molar refractivity (Wildman–Crippen MR) is 108 cm³/mol. The molecule has 0 spiro atoms. The molecule has 2 N–H and O–H groups in total. The Morgan fingerprint density at radius 2 is 1.77 bits per heavy atom. The van der Waals surface area contributed by atoms with Crippen LogP contribution in [-0.4, -0.2) is 22.8 Å². The van der Waals surface area contributed by atoms with Crippen molar-refractivity contribution in [2.24, 2.45) is 5.10 Å². The number of nitrogens with zero attached hydrogens (tertiary/aromatic N) is 1. The second-order valence-electron chi connectivity index (χ2n) is 5.63. The molecule has 0 aromatic heterocycles. The van der Waals surface area contributed by atoms with Crippen molar-refractivity contribution < 1.29 is 9.59 Å². The first kappa shape index (κ1) is 20.0. The number of hydrazone groups is 1. The van der Waals surface area contributed by atoms with Gasteiger partial charge in [-0.25, -0.2) is 5.43 Å². The largest absolute Gasteiger partial charge is 0.326 e. The van der Waals surface area contributed by atoms with E-state index in [1.54, 1.807) is 26.0 Å². The molecule has 5 nitrogen and oxygen atoms in total. The van der Waals surface area contributed by atoms with Gasteiger partial charge in [-0.15, -0.1) is 11.8 Å². The monoisotopic (exact) mass is 389 g/mol. The molecule has 0 heterocycles. The molecule has 0 saturated heterocycles. The maximum absolute atomic E-state index is 12.1. The first-order chi connectivity index (χ1) is 12.4. The summed E-state index contributed by atoms with van der Waals surface area (Å²) in [4.78, 5) is 25.0. The van der Waals surface area contributed by atoms with Gasteiger partial charge in [0.05, 0.1) is 11.7 Å². The van der Waals surface area contributed by atoms with Crippen LogP contribution in [0, 0.1) is 0 Å². The normalized spacial score (nSPS) is 12.3. The molecule has 0 fully saturated rings. The maximum Gasteiger partial charge on any atom is 0.253 e. The van der Waals surface area contributed by atoms with Gasteiger partial charge in [0.1, 0.15) is 0 Å². The van der Waals surface area contributed by atoms with Crippen molar-refractivity contribution in [2.75, 3.05) is 5.32 Å². The molecular weight excluding hydrogens is 370 g/mol. The first-order valence-electron chi connectivity index (χ1n) is 8.04. The van der Waals surface area contributed by atoms with Crippen LogP contribution in [0.25, 0.3) is 0 Å². The van der Waals surface area contributed by atoms with Crippen molar-refractivity contribution in [3.05, 3.63) is 59.6 Å². The average Bonchev–Trinajstić information content (AvgIpc) is 2.62. The van der Waals surface area contributed by atoms with E-state index in [-0.39, 0.29) is 23.5 Å². The van der Waals surface area contributed by atoms with Gasteiger partial charge in [0.15, 0.2) is 0 Å². The highest BCUT2D eigenvalue weighted by atomic mass is 35.5. The van der Waals surface area contributed by atoms with E-state index in [4.69, 9.17) is 11.6 Å². The minimum Gasteiger partial charge on any atom is -0.326 e. The molecule has 0 aliphatic carbocycles. The van der Waals surface area contributed by atoms with Gasteiger partial charge < -0.3 is 5.32 Å². The summed E-state index contributed by atoms with van der Waals surface area (Å²) in [6.07, 6.45) is 0.105. The molecule has 0 aliphatic heterocycles. The van der Waals surface area contributed by atoms with Gasteiger partial charge in [0.25, 0.3) is 5.91 Å². The van der Waals surface area contributed by atoms with Crippen molar-refractivity contribution >= 4 is 46.6 Å². The number of amides is 2. The van der Waals surface area contributed by atoms with Crippen molar-refractivity contribution in [2.45, 2.75) is 30.4 Å². The van der Waals surface area contributed by atoms with Crippen molar-refractivity contribution in [3.8, 4) is 0 Å². The number of hydrogen-bond acceptors (Lipinski definition) is 4. The SMILES string of the molecule is C/C(CC(=O)Nc1ccccc1)=N/NC(=O)[C@H](C)Sc1ccc(Cl)cc1. The minimum absolute atomic E-state index is 0.105. The quantitative estimate of drug-likeness (QED) is 0.420. The molecule has 2 amide bonds. The van der Waals surface area contributed by atoms with Gasteiger partial charge in [-0.1, -0.05) is 29.8 Å². The van der Waals surface area contributed by atoms with Crippen molar-refractivity contribution in [1.82, 2.24) is 5.43 Å².